The van der Waals surface area contributed by atoms with E-state index in [1.54, 1.807) is 51.3 Å². The minimum Gasteiger partial charge on any atom is -0.493 e. The first-order chi connectivity index (χ1) is 25.3. The van der Waals surface area contributed by atoms with Gasteiger partial charge in [-0.25, -0.2) is 14.6 Å². The maximum atomic E-state index is 14.4. The molecular weight excluding hydrogens is 685 g/mol. The Morgan fingerprint density at radius 3 is 2.44 bits per heavy atom. The van der Waals surface area contributed by atoms with Gasteiger partial charge in [-0.05, 0) is 66.9 Å². The lowest BCUT2D eigenvalue weighted by molar-refractivity contribution is -0.143. The van der Waals surface area contributed by atoms with Gasteiger partial charge in [0.15, 0.2) is 34.4 Å². The zero-order chi connectivity index (χ0) is 36.8. The molecule has 11 nitrogen and oxygen atoms in total. The van der Waals surface area contributed by atoms with Crippen molar-refractivity contribution in [1.29, 1.82) is 0 Å². The van der Waals surface area contributed by atoms with Crippen LogP contribution in [0.5, 0.6) is 23.0 Å². The van der Waals surface area contributed by atoms with Crippen molar-refractivity contribution in [3.8, 4) is 23.0 Å². The lowest BCUT2D eigenvalue weighted by Crippen LogP contribution is -2.40. The molecule has 4 aromatic carbocycles. The molecular formula is C40H38N2O9S. The molecule has 1 aliphatic heterocycles. The third-order valence-corrected chi connectivity index (χ3v) is 9.42. The lowest BCUT2D eigenvalue weighted by atomic mass is 9.95. The first-order valence-corrected chi connectivity index (χ1v) is 17.5. The van der Waals surface area contributed by atoms with E-state index >= 15 is 0 Å². The number of esters is 2. The number of thiazole rings is 1. The van der Waals surface area contributed by atoms with Crippen molar-refractivity contribution in [1.82, 2.24) is 4.57 Å². The van der Waals surface area contributed by atoms with Gasteiger partial charge < -0.3 is 28.4 Å². The number of para-hydroxylation sites is 1. The van der Waals surface area contributed by atoms with Crippen molar-refractivity contribution in [2.75, 3.05) is 34.0 Å². The largest absolute Gasteiger partial charge is 0.493 e. The summed E-state index contributed by atoms with van der Waals surface area (Å²) in [6, 6.07) is 23.8. The van der Waals surface area contributed by atoms with Crippen LogP contribution in [-0.2, 0) is 25.7 Å². The molecule has 0 bridgehead atoms. The number of rotatable bonds is 13. The molecule has 12 heteroatoms. The van der Waals surface area contributed by atoms with Crippen LogP contribution in [-0.4, -0.2) is 50.5 Å². The predicted molar refractivity (Wildman–Crippen MR) is 197 cm³/mol. The average Bonchev–Trinajstić information content (AvgIpc) is 3.46. The smallest absolute Gasteiger partial charge is 0.343 e. The minimum absolute atomic E-state index is 0.134. The number of aromatic nitrogens is 1. The van der Waals surface area contributed by atoms with E-state index in [-0.39, 0.29) is 31.0 Å². The quantitative estimate of drug-likeness (QED) is 0.145. The summed E-state index contributed by atoms with van der Waals surface area (Å²) in [5.41, 5.74) is 2.46. The van der Waals surface area contributed by atoms with E-state index in [0.29, 0.717) is 55.8 Å². The number of ether oxygens (including phenoxy) is 6. The monoisotopic (exact) mass is 722 g/mol. The summed E-state index contributed by atoms with van der Waals surface area (Å²) in [5, 5.41) is 2.19. The standard InChI is InChI=1S/C40H38N2O9S/c1-6-48-32-20-26(18-19-30(32)50-23-34(43)47-5)36-35(39(45)49-7-2)24(3)41-40-42(36)38(44)33(52-40)21-27-14-11-17-31(46-4)37(27)51-22-28-15-10-13-25-12-8-9-16-29(25)28/h8-21,36H,6-7,22-23H2,1-5H3/b33-21+/t36-/m0/s1. The van der Waals surface area contributed by atoms with Crippen LogP contribution in [0.4, 0.5) is 0 Å². The highest BCUT2D eigenvalue weighted by atomic mass is 32.1. The Hall–Kier alpha value is -5.88. The summed E-state index contributed by atoms with van der Waals surface area (Å²) in [4.78, 5) is 44.8. The lowest BCUT2D eigenvalue weighted by Gasteiger charge is -2.25. The molecule has 0 saturated carbocycles. The first-order valence-electron chi connectivity index (χ1n) is 16.7. The highest BCUT2D eigenvalue weighted by Crippen LogP contribution is 2.37. The topological polar surface area (TPSA) is 124 Å². The van der Waals surface area contributed by atoms with Crippen molar-refractivity contribution in [3.05, 3.63) is 127 Å². The molecule has 2 heterocycles. The van der Waals surface area contributed by atoms with Crippen molar-refractivity contribution in [2.45, 2.75) is 33.4 Å². The Labute approximate surface area is 304 Å². The van der Waals surface area contributed by atoms with Crippen LogP contribution in [0.2, 0.25) is 0 Å². The number of methoxy groups -OCH3 is 2. The zero-order valence-corrected chi connectivity index (χ0v) is 30.3. The van der Waals surface area contributed by atoms with Gasteiger partial charge in [0, 0.05) is 5.56 Å². The predicted octanol–water partition coefficient (Wildman–Crippen LogP) is 5.49. The van der Waals surface area contributed by atoms with Gasteiger partial charge in [-0.3, -0.25) is 9.36 Å². The number of nitrogens with zero attached hydrogens (tertiary/aromatic N) is 2. The average molecular weight is 723 g/mol. The Kier molecular flexibility index (Phi) is 11.0. The fourth-order valence-electron chi connectivity index (χ4n) is 6.06. The number of benzene rings is 4. The minimum atomic E-state index is -0.904. The molecule has 0 saturated heterocycles. The van der Waals surface area contributed by atoms with E-state index < -0.39 is 18.0 Å². The molecule has 0 N–H and O–H groups in total. The van der Waals surface area contributed by atoms with E-state index in [1.165, 1.54) is 23.0 Å². The van der Waals surface area contributed by atoms with Gasteiger partial charge in [-0.2, -0.15) is 0 Å². The van der Waals surface area contributed by atoms with Gasteiger partial charge >= 0.3 is 11.9 Å². The highest BCUT2D eigenvalue weighted by molar-refractivity contribution is 7.07. The molecule has 5 aromatic rings. The molecule has 52 heavy (non-hydrogen) atoms. The van der Waals surface area contributed by atoms with E-state index in [2.05, 4.69) is 18.2 Å². The second-order valence-electron chi connectivity index (χ2n) is 11.6. The van der Waals surface area contributed by atoms with Crippen LogP contribution in [0.15, 0.2) is 99.9 Å². The van der Waals surface area contributed by atoms with Crippen LogP contribution in [0.1, 0.15) is 43.5 Å². The molecule has 0 radical (unpaired) electrons. The third-order valence-electron chi connectivity index (χ3n) is 8.44. The van der Waals surface area contributed by atoms with Crippen molar-refractivity contribution >= 4 is 40.1 Å². The van der Waals surface area contributed by atoms with Crippen molar-refractivity contribution in [2.24, 2.45) is 4.99 Å². The number of carbonyl (C=O) groups excluding carboxylic acids is 2. The van der Waals surface area contributed by atoms with E-state index in [9.17, 15) is 14.4 Å². The van der Waals surface area contributed by atoms with Gasteiger partial charge in [-0.15, -0.1) is 0 Å². The second kappa shape index (κ2) is 16.0. The molecule has 0 unspecified atom stereocenters. The fraction of sp³-hybridized carbons (Fsp3) is 0.250. The van der Waals surface area contributed by atoms with E-state index in [4.69, 9.17) is 33.4 Å². The first kappa shape index (κ1) is 35.9. The SMILES string of the molecule is CCOC(=O)C1=C(C)N=c2s/c(=C/c3cccc(OC)c3OCc3cccc4ccccc34)c(=O)n2[C@H]1c1ccc(OCC(=O)OC)c(OCC)c1. The Morgan fingerprint density at radius 2 is 1.67 bits per heavy atom. The summed E-state index contributed by atoms with van der Waals surface area (Å²) in [5.74, 6) is 0.471. The van der Waals surface area contributed by atoms with Crippen LogP contribution in [0.3, 0.4) is 0 Å². The van der Waals surface area contributed by atoms with Gasteiger partial charge in [0.05, 0.1) is 49.3 Å². The number of carbonyl (C=O) groups is 2. The van der Waals surface area contributed by atoms with Crippen LogP contribution in [0.25, 0.3) is 16.8 Å². The molecule has 1 aliphatic rings. The highest BCUT2D eigenvalue weighted by Gasteiger charge is 2.34. The summed E-state index contributed by atoms with van der Waals surface area (Å²) < 4.78 is 35.7. The Morgan fingerprint density at radius 1 is 0.885 bits per heavy atom. The summed E-state index contributed by atoms with van der Waals surface area (Å²) in [7, 11) is 2.84. The summed E-state index contributed by atoms with van der Waals surface area (Å²) in [6.45, 7) is 5.62. The molecule has 0 amide bonds. The fourth-order valence-corrected chi connectivity index (χ4v) is 7.09. The molecule has 0 spiro atoms. The molecule has 0 aliphatic carbocycles. The zero-order valence-electron chi connectivity index (χ0n) is 29.5. The number of allylic oxidation sites excluding steroid dienone is 1. The van der Waals surface area contributed by atoms with Crippen molar-refractivity contribution in [3.63, 3.8) is 0 Å². The van der Waals surface area contributed by atoms with E-state index in [1.807, 2.05) is 43.3 Å². The molecule has 268 valence electrons. The number of hydrogen-bond donors (Lipinski definition) is 0. The second-order valence-corrected chi connectivity index (χ2v) is 12.6. The maximum Gasteiger partial charge on any atom is 0.343 e. The Balaban J connectivity index is 1.45. The summed E-state index contributed by atoms with van der Waals surface area (Å²) >= 11 is 1.19. The molecule has 6 rings (SSSR count). The Bertz CT molecular complexity index is 2350. The normalized spacial score (nSPS) is 14.0. The van der Waals surface area contributed by atoms with Gasteiger partial charge in [-0.1, -0.05) is 72.0 Å². The maximum absolute atomic E-state index is 14.4. The summed E-state index contributed by atoms with van der Waals surface area (Å²) in [6.07, 6.45) is 1.75. The van der Waals surface area contributed by atoms with E-state index in [0.717, 1.165) is 16.3 Å². The number of hydrogen-bond acceptors (Lipinski definition) is 11. The van der Waals surface area contributed by atoms with Gasteiger partial charge in [0.25, 0.3) is 5.56 Å². The molecule has 1 aromatic heterocycles. The molecule has 1 atom stereocenters. The van der Waals surface area contributed by atoms with Crippen LogP contribution < -0.4 is 33.8 Å². The molecule has 0 fully saturated rings. The van der Waals surface area contributed by atoms with Crippen LogP contribution in [0, 0.1) is 0 Å². The third kappa shape index (κ3) is 7.28. The van der Waals surface area contributed by atoms with Crippen molar-refractivity contribution < 1.29 is 38.0 Å². The van der Waals surface area contributed by atoms with Crippen LogP contribution >= 0.6 is 11.3 Å². The van der Waals surface area contributed by atoms with Gasteiger partial charge in [0.1, 0.15) is 6.61 Å². The van der Waals surface area contributed by atoms with Gasteiger partial charge in [0.2, 0.25) is 0 Å². The number of fused-ring (bicyclic) bond motifs is 2.